The fourth-order valence-electron chi connectivity index (χ4n) is 3.72. The summed E-state index contributed by atoms with van der Waals surface area (Å²) < 4.78 is 46.8. The molecule has 2 heterocycles. The van der Waals surface area contributed by atoms with Crippen LogP contribution >= 0.6 is 0 Å². The van der Waals surface area contributed by atoms with Gasteiger partial charge in [0.25, 0.3) is 0 Å². The Balaban J connectivity index is 1.85. The van der Waals surface area contributed by atoms with Gasteiger partial charge in [-0.1, -0.05) is 12.0 Å². The van der Waals surface area contributed by atoms with Gasteiger partial charge in [0.2, 0.25) is 27.4 Å². The van der Waals surface area contributed by atoms with Crippen LogP contribution in [-0.4, -0.2) is 69.1 Å². The number of benzene rings is 1. The highest BCUT2D eigenvalue weighted by molar-refractivity contribution is 7.91. The lowest BCUT2D eigenvalue weighted by Gasteiger charge is -2.35. The number of nitrogens with zero attached hydrogens (tertiary/aromatic N) is 3. The van der Waals surface area contributed by atoms with Crippen LogP contribution in [0, 0.1) is 0 Å². The van der Waals surface area contributed by atoms with Crippen LogP contribution in [0.15, 0.2) is 21.8 Å². The second-order valence-electron chi connectivity index (χ2n) is 7.19. The third-order valence-corrected chi connectivity index (χ3v) is 6.64. The monoisotopic (exact) mass is 453 g/mol. The summed E-state index contributed by atoms with van der Waals surface area (Å²) in [5.41, 5.74) is 0.386. The highest BCUT2D eigenvalue weighted by Gasteiger charge is 2.32. The summed E-state index contributed by atoms with van der Waals surface area (Å²) in [4.78, 5) is 14.3. The Morgan fingerprint density at radius 1 is 1.13 bits per heavy atom. The SMILES string of the molecule is CCC1CCCCN1C(=O)CS(=O)(=O)c1nnc(-c2cc(OC)c(OC)c(OC)c2)o1. The van der Waals surface area contributed by atoms with E-state index in [4.69, 9.17) is 18.6 Å². The first-order chi connectivity index (χ1) is 14.8. The molecule has 1 aromatic heterocycles. The number of amides is 1. The molecular formula is C20H27N3O7S. The molecule has 1 aliphatic rings. The zero-order valence-corrected chi connectivity index (χ0v) is 18.9. The molecule has 0 radical (unpaired) electrons. The van der Waals surface area contributed by atoms with Gasteiger partial charge in [0.05, 0.1) is 21.3 Å². The Bertz CT molecular complexity index is 1010. The van der Waals surface area contributed by atoms with Crippen molar-refractivity contribution in [2.24, 2.45) is 0 Å². The Morgan fingerprint density at radius 2 is 1.81 bits per heavy atom. The number of carbonyl (C=O) groups is 1. The van der Waals surface area contributed by atoms with Crippen molar-refractivity contribution in [2.75, 3.05) is 33.6 Å². The van der Waals surface area contributed by atoms with Crippen molar-refractivity contribution >= 4 is 15.7 Å². The minimum absolute atomic E-state index is 0.0466. The van der Waals surface area contributed by atoms with E-state index in [0.29, 0.717) is 29.4 Å². The number of ether oxygens (including phenoxy) is 3. The summed E-state index contributed by atoms with van der Waals surface area (Å²) in [6.07, 6.45) is 3.58. The first-order valence-electron chi connectivity index (χ1n) is 10.0. The van der Waals surface area contributed by atoms with Crippen molar-refractivity contribution < 1.29 is 31.8 Å². The minimum Gasteiger partial charge on any atom is -0.493 e. The highest BCUT2D eigenvalue weighted by atomic mass is 32.2. The summed E-state index contributed by atoms with van der Waals surface area (Å²) in [7, 11) is 0.299. The number of hydrogen-bond acceptors (Lipinski definition) is 9. The van der Waals surface area contributed by atoms with Crippen LogP contribution in [0.1, 0.15) is 32.6 Å². The molecule has 0 aliphatic carbocycles. The molecule has 1 unspecified atom stereocenters. The Hall–Kier alpha value is -2.82. The molecule has 1 amide bonds. The van der Waals surface area contributed by atoms with Crippen molar-refractivity contribution in [1.29, 1.82) is 0 Å². The zero-order chi connectivity index (χ0) is 22.6. The molecular weight excluding hydrogens is 426 g/mol. The lowest BCUT2D eigenvalue weighted by molar-refractivity contribution is -0.132. The van der Waals surface area contributed by atoms with E-state index in [1.54, 1.807) is 17.0 Å². The van der Waals surface area contributed by atoms with E-state index in [0.717, 1.165) is 25.7 Å². The average molecular weight is 454 g/mol. The smallest absolute Gasteiger partial charge is 0.336 e. The molecule has 31 heavy (non-hydrogen) atoms. The fourth-order valence-corrected chi connectivity index (χ4v) is 4.70. The summed E-state index contributed by atoms with van der Waals surface area (Å²) in [6.45, 7) is 2.56. The first-order valence-corrected chi connectivity index (χ1v) is 11.7. The summed E-state index contributed by atoms with van der Waals surface area (Å²) in [6, 6.07) is 3.19. The fraction of sp³-hybridized carbons (Fsp3) is 0.550. The van der Waals surface area contributed by atoms with Gasteiger partial charge >= 0.3 is 5.22 Å². The molecule has 1 aliphatic heterocycles. The van der Waals surface area contributed by atoms with Crippen molar-refractivity contribution in [3.05, 3.63) is 12.1 Å². The van der Waals surface area contributed by atoms with E-state index in [-0.39, 0.29) is 11.9 Å². The molecule has 11 heteroatoms. The molecule has 0 spiro atoms. The van der Waals surface area contributed by atoms with E-state index in [1.165, 1.54) is 21.3 Å². The number of likely N-dealkylation sites (tertiary alicyclic amines) is 1. The maximum Gasteiger partial charge on any atom is 0.336 e. The van der Waals surface area contributed by atoms with E-state index < -0.39 is 26.7 Å². The van der Waals surface area contributed by atoms with Crippen LogP contribution in [-0.2, 0) is 14.6 Å². The maximum absolute atomic E-state index is 12.8. The topological polar surface area (TPSA) is 121 Å². The van der Waals surface area contributed by atoms with Gasteiger partial charge in [-0.15, -0.1) is 5.10 Å². The molecule has 170 valence electrons. The van der Waals surface area contributed by atoms with Crippen molar-refractivity contribution in [3.63, 3.8) is 0 Å². The molecule has 10 nitrogen and oxygen atoms in total. The predicted octanol–water partition coefficient (Wildman–Crippen LogP) is 2.33. The third-order valence-electron chi connectivity index (χ3n) is 5.32. The zero-order valence-electron chi connectivity index (χ0n) is 18.1. The number of piperidine rings is 1. The van der Waals surface area contributed by atoms with Crippen LogP contribution in [0.4, 0.5) is 0 Å². The summed E-state index contributed by atoms with van der Waals surface area (Å²) in [5, 5.41) is 6.90. The Labute approximate surface area is 181 Å². The molecule has 3 rings (SSSR count). The molecule has 0 saturated carbocycles. The Morgan fingerprint density at radius 3 is 2.39 bits per heavy atom. The van der Waals surface area contributed by atoms with Crippen molar-refractivity contribution in [2.45, 2.75) is 43.9 Å². The van der Waals surface area contributed by atoms with Gasteiger partial charge in [-0.25, -0.2) is 8.42 Å². The molecule has 2 aromatic rings. The van der Waals surface area contributed by atoms with Crippen LogP contribution in [0.25, 0.3) is 11.5 Å². The van der Waals surface area contributed by atoms with Gasteiger partial charge in [-0.05, 0) is 37.8 Å². The van der Waals surface area contributed by atoms with Crippen LogP contribution in [0.3, 0.4) is 0 Å². The van der Waals surface area contributed by atoms with Crippen molar-refractivity contribution in [1.82, 2.24) is 15.1 Å². The van der Waals surface area contributed by atoms with Gasteiger partial charge in [0.1, 0.15) is 5.75 Å². The average Bonchev–Trinajstić information content (AvgIpc) is 3.29. The van der Waals surface area contributed by atoms with Gasteiger partial charge in [-0.3, -0.25) is 4.79 Å². The van der Waals surface area contributed by atoms with Crippen LogP contribution in [0.5, 0.6) is 17.2 Å². The predicted molar refractivity (Wildman–Crippen MR) is 111 cm³/mol. The number of carbonyl (C=O) groups excluding carboxylic acids is 1. The number of hydrogen-bond donors (Lipinski definition) is 0. The maximum atomic E-state index is 12.8. The summed E-state index contributed by atoms with van der Waals surface area (Å²) in [5.74, 6) is -0.122. The molecule has 1 aromatic carbocycles. The molecule has 1 fully saturated rings. The third kappa shape index (κ3) is 4.76. The quantitative estimate of drug-likeness (QED) is 0.593. The number of methoxy groups -OCH3 is 3. The van der Waals surface area contributed by atoms with Gasteiger partial charge < -0.3 is 23.5 Å². The van der Waals surface area contributed by atoms with Gasteiger partial charge in [0.15, 0.2) is 11.5 Å². The lowest BCUT2D eigenvalue weighted by Crippen LogP contribution is -2.45. The van der Waals surface area contributed by atoms with Crippen LogP contribution in [0.2, 0.25) is 0 Å². The van der Waals surface area contributed by atoms with E-state index in [1.807, 2.05) is 6.92 Å². The summed E-state index contributed by atoms with van der Waals surface area (Å²) >= 11 is 0. The number of aromatic nitrogens is 2. The minimum atomic E-state index is -4.09. The first kappa shape index (κ1) is 22.9. The van der Waals surface area contributed by atoms with E-state index >= 15 is 0 Å². The lowest BCUT2D eigenvalue weighted by atomic mass is 10.0. The van der Waals surface area contributed by atoms with Gasteiger partial charge in [0, 0.05) is 18.2 Å². The van der Waals surface area contributed by atoms with E-state index in [9.17, 15) is 13.2 Å². The second-order valence-corrected chi connectivity index (χ2v) is 9.06. The number of rotatable bonds is 8. The molecule has 1 saturated heterocycles. The highest BCUT2D eigenvalue weighted by Crippen LogP contribution is 2.41. The Kier molecular flexibility index (Phi) is 7.04. The standard InChI is InChI=1S/C20H27N3O7S/c1-5-14-8-6-7-9-23(14)17(24)12-31(25,26)20-22-21-19(30-20)13-10-15(27-2)18(29-4)16(11-13)28-3/h10-11,14H,5-9,12H2,1-4H3. The van der Waals surface area contributed by atoms with E-state index in [2.05, 4.69) is 10.2 Å². The van der Waals surface area contributed by atoms with Gasteiger partial charge in [-0.2, -0.15) is 0 Å². The van der Waals surface area contributed by atoms with Crippen LogP contribution < -0.4 is 14.2 Å². The number of sulfone groups is 1. The second kappa shape index (κ2) is 9.54. The molecule has 0 N–H and O–H groups in total. The van der Waals surface area contributed by atoms with Crippen molar-refractivity contribution in [3.8, 4) is 28.7 Å². The normalized spacial score (nSPS) is 16.8. The molecule has 1 atom stereocenters. The largest absolute Gasteiger partial charge is 0.493 e. The molecule has 0 bridgehead atoms.